The molecule has 28 heavy (non-hydrogen) atoms. The van der Waals surface area contributed by atoms with Gasteiger partial charge in [0.25, 0.3) is 5.91 Å². The van der Waals surface area contributed by atoms with E-state index >= 15 is 0 Å². The molecule has 0 aliphatic carbocycles. The molecule has 0 saturated carbocycles. The predicted molar refractivity (Wildman–Crippen MR) is 107 cm³/mol. The SMILES string of the molecule is O=C(c1cccc(CN2CCOCC2)c1)N1CCN(c2ccc(F)cc2)CC1. The van der Waals surface area contributed by atoms with E-state index in [1.807, 2.05) is 23.1 Å². The predicted octanol–water partition coefficient (Wildman–Crippen LogP) is 2.62. The minimum atomic E-state index is -0.227. The zero-order valence-corrected chi connectivity index (χ0v) is 16.0. The number of amides is 1. The van der Waals surface area contributed by atoms with Crippen LogP contribution in [0.2, 0.25) is 0 Å². The Bertz CT molecular complexity index is 798. The van der Waals surface area contributed by atoms with Crippen molar-refractivity contribution in [3.63, 3.8) is 0 Å². The summed E-state index contributed by atoms with van der Waals surface area (Å²) in [5, 5.41) is 0. The van der Waals surface area contributed by atoms with Gasteiger partial charge in [-0.15, -0.1) is 0 Å². The van der Waals surface area contributed by atoms with Gasteiger partial charge in [-0.3, -0.25) is 9.69 Å². The van der Waals surface area contributed by atoms with Crippen LogP contribution in [-0.2, 0) is 11.3 Å². The summed E-state index contributed by atoms with van der Waals surface area (Å²) in [7, 11) is 0. The molecule has 2 saturated heterocycles. The Kier molecular flexibility index (Phi) is 5.88. The molecular formula is C22H26FN3O2. The van der Waals surface area contributed by atoms with Gasteiger partial charge in [0.05, 0.1) is 13.2 Å². The molecule has 0 N–H and O–H groups in total. The van der Waals surface area contributed by atoms with E-state index in [9.17, 15) is 9.18 Å². The summed E-state index contributed by atoms with van der Waals surface area (Å²) in [6, 6.07) is 14.5. The van der Waals surface area contributed by atoms with Crippen LogP contribution >= 0.6 is 0 Å². The second kappa shape index (κ2) is 8.71. The molecule has 6 heteroatoms. The minimum absolute atomic E-state index is 0.0857. The van der Waals surface area contributed by atoms with Crippen LogP contribution in [0.4, 0.5) is 10.1 Å². The molecule has 4 rings (SSSR count). The molecule has 0 atom stereocenters. The summed E-state index contributed by atoms with van der Waals surface area (Å²) in [6.07, 6.45) is 0. The lowest BCUT2D eigenvalue weighted by molar-refractivity contribution is 0.0341. The Morgan fingerprint density at radius 1 is 0.929 bits per heavy atom. The van der Waals surface area contributed by atoms with Crippen molar-refractivity contribution >= 4 is 11.6 Å². The zero-order chi connectivity index (χ0) is 19.3. The highest BCUT2D eigenvalue weighted by molar-refractivity contribution is 5.94. The highest BCUT2D eigenvalue weighted by Crippen LogP contribution is 2.18. The van der Waals surface area contributed by atoms with E-state index in [1.54, 1.807) is 12.1 Å². The Morgan fingerprint density at radius 2 is 1.64 bits per heavy atom. The van der Waals surface area contributed by atoms with Crippen molar-refractivity contribution in [2.45, 2.75) is 6.54 Å². The summed E-state index contributed by atoms with van der Waals surface area (Å²) >= 11 is 0. The van der Waals surface area contributed by atoms with Crippen molar-refractivity contribution in [1.29, 1.82) is 0 Å². The summed E-state index contributed by atoms with van der Waals surface area (Å²) in [4.78, 5) is 19.4. The second-order valence-electron chi connectivity index (χ2n) is 7.34. The molecule has 0 spiro atoms. The fourth-order valence-corrected chi connectivity index (χ4v) is 3.82. The summed E-state index contributed by atoms with van der Waals surface area (Å²) < 4.78 is 18.5. The number of rotatable bonds is 4. The van der Waals surface area contributed by atoms with Crippen molar-refractivity contribution < 1.29 is 13.9 Å². The van der Waals surface area contributed by atoms with Gasteiger partial charge < -0.3 is 14.5 Å². The van der Waals surface area contributed by atoms with E-state index in [2.05, 4.69) is 15.9 Å². The molecule has 0 aromatic heterocycles. The Morgan fingerprint density at radius 3 is 2.36 bits per heavy atom. The normalized spacial score (nSPS) is 18.3. The van der Waals surface area contributed by atoms with E-state index in [-0.39, 0.29) is 11.7 Å². The van der Waals surface area contributed by atoms with Crippen LogP contribution < -0.4 is 4.90 Å². The fourth-order valence-electron chi connectivity index (χ4n) is 3.82. The second-order valence-corrected chi connectivity index (χ2v) is 7.34. The smallest absolute Gasteiger partial charge is 0.253 e. The lowest BCUT2D eigenvalue weighted by Crippen LogP contribution is -2.48. The zero-order valence-electron chi connectivity index (χ0n) is 16.0. The van der Waals surface area contributed by atoms with Gasteiger partial charge in [-0.1, -0.05) is 12.1 Å². The third-order valence-corrected chi connectivity index (χ3v) is 5.44. The molecule has 5 nitrogen and oxygen atoms in total. The Labute approximate surface area is 165 Å². The van der Waals surface area contributed by atoms with Crippen LogP contribution in [0, 0.1) is 5.82 Å². The summed E-state index contributed by atoms with van der Waals surface area (Å²) in [5.41, 5.74) is 2.92. The quantitative estimate of drug-likeness (QED) is 0.813. The van der Waals surface area contributed by atoms with Gasteiger partial charge in [0, 0.05) is 57.1 Å². The molecule has 148 valence electrons. The number of hydrogen-bond donors (Lipinski definition) is 0. The largest absolute Gasteiger partial charge is 0.379 e. The number of morpholine rings is 1. The van der Waals surface area contributed by atoms with Crippen molar-refractivity contribution in [3.8, 4) is 0 Å². The molecule has 0 radical (unpaired) electrons. The number of piperazine rings is 1. The fraction of sp³-hybridized carbons (Fsp3) is 0.409. The van der Waals surface area contributed by atoms with E-state index in [0.717, 1.165) is 62.8 Å². The van der Waals surface area contributed by atoms with E-state index < -0.39 is 0 Å². The maximum Gasteiger partial charge on any atom is 0.253 e. The molecule has 2 heterocycles. The number of carbonyl (C=O) groups is 1. The highest BCUT2D eigenvalue weighted by Gasteiger charge is 2.22. The maximum absolute atomic E-state index is 13.1. The van der Waals surface area contributed by atoms with Gasteiger partial charge in [0.1, 0.15) is 5.82 Å². The van der Waals surface area contributed by atoms with E-state index in [1.165, 1.54) is 12.1 Å². The standard InChI is InChI=1S/C22H26FN3O2/c23-20-4-6-21(7-5-20)25-8-10-26(11-9-25)22(27)19-3-1-2-18(16-19)17-24-12-14-28-15-13-24/h1-7,16H,8-15,17H2. The lowest BCUT2D eigenvalue weighted by atomic mass is 10.1. The van der Waals surface area contributed by atoms with Gasteiger partial charge in [0.15, 0.2) is 0 Å². The summed E-state index contributed by atoms with van der Waals surface area (Å²) in [5.74, 6) is -0.142. The number of benzene rings is 2. The van der Waals surface area contributed by atoms with Crippen LogP contribution in [0.25, 0.3) is 0 Å². The van der Waals surface area contributed by atoms with Crippen molar-refractivity contribution in [1.82, 2.24) is 9.80 Å². The number of carbonyl (C=O) groups excluding carboxylic acids is 1. The van der Waals surface area contributed by atoms with Crippen LogP contribution in [0.1, 0.15) is 15.9 Å². The van der Waals surface area contributed by atoms with Crippen molar-refractivity contribution in [2.75, 3.05) is 57.4 Å². The first-order valence-corrected chi connectivity index (χ1v) is 9.88. The monoisotopic (exact) mass is 383 g/mol. The van der Waals surface area contributed by atoms with Crippen molar-refractivity contribution in [2.24, 2.45) is 0 Å². The molecule has 2 aromatic carbocycles. The first-order valence-electron chi connectivity index (χ1n) is 9.88. The molecule has 1 amide bonds. The Balaban J connectivity index is 1.35. The number of anilines is 1. The number of ether oxygens (including phenoxy) is 1. The topological polar surface area (TPSA) is 36.0 Å². The van der Waals surface area contributed by atoms with Crippen LogP contribution in [-0.4, -0.2) is 68.2 Å². The van der Waals surface area contributed by atoms with E-state index in [0.29, 0.717) is 13.1 Å². The first kappa shape index (κ1) is 18.9. The van der Waals surface area contributed by atoms with E-state index in [4.69, 9.17) is 4.74 Å². The number of nitrogens with zero attached hydrogens (tertiary/aromatic N) is 3. The number of halogens is 1. The van der Waals surface area contributed by atoms with Crippen LogP contribution in [0.15, 0.2) is 48.5 Å². The molecule has 0 unspecified atom stereocenters. The van der Waals surface area contributed by atoms with Gasteiger partial charge in [-0.05, 0) is 42.0 Å². The third kappa shape index (κ3) is 4.51. The summed E-state index contributed by atoms with van der Waals surface area (Å²) in [6.45, 7) is 7.12. The van der Waals surface area contributed by atoms with Crippen LogP contribution in [0.5, 0.6) is 0 Å². The molecule has 2 fully saturated rings. The molecule has 2 aliphatic rings. The average molecular weight is 383 g/mol. The maximum atomic E-state index is 13.1. The molecule has 2 aliphatic heterocycles. The number of hydrogen-bond acceptors (Lipinski definition) is 4. The third-order valence-electron chi connectivity index (χ3n) is 5.44. The molecule has 2 aromatic rings. The van der Waals surface area contributed by atoms with Gasteiger partial charge in [-0.25, -0.2) is 4.39 Å². The average Bonchev–Trinajstić information content (AvgIpc) is 2.75. The van der Waals surface area contributed by atoms with Gasteiger partial charge in [0.2, 0.25) is 0 Å². The minimum Gasteiger partial charge on any atom is -0.379 e. The van der Waals surface area contributed by atoms with Crippen LogP contribution in [0.3, 0.4) is 0 Å². The molecule has 0 bridgehead atoms. The highest BCUT2D eigenvalue weighted by atomic mass is 19.1. The van der Waals surface area contributed by atoms with Crippen molar-refractivity contribution in [3.05, 3.63) is 65.5 Å². The Hall–Kier alpha value is -2.44. The van der Waals surface area contributed by atoms with Gasteiger partial charge >= 0.3 is 0 Å². The molecular weight excluding hydrogens is 357 g/mol. The van der Waals surface area contributed by atoms with Gasteiger partial charge in [-0.2, -0.15) is 0 Å². The first-order chi connectivity index (χ1) is 13.7. The lowest BCUT2D eigenvalue weighted by Gasteiger charge is -2.36.